The molecule has 28 heavy (non-hydrogen) atoms. The first-order chi connectivity index (χ1) is 12.8. The summed E-state index contributed by atoms with van der Waals surface area (Å²) in [7, 11) is 0. The molecule has 0 aliphatic rings. The SMILES string of the molecule is CC(C)(C)c1cc(/C=N\N=C/c2cc(O)c(O)c(C(C)(C)C)c2)cc(O)c1O. The summed E-state index contributed by atoms with van der Waals surface area (Å²) in [5, 5.41) is 47.9. The number of hydrogen-bond donors (Lipinski definition) is 4. The molecular formula is C22H28N2O4. The minimum Gasteiger partial charge on any atom is -0.504 e. The van der Waals surface area contributed by atoms with Gasteiger partial charge in [-0.3, -0.25) is 0 Å². The number of rotatable bonds is 3. The van der Waals surface area contributed by atoms with Crippen molar-refractivity contribution in [2.45, 2.75) is 52.4 Å². The molecule has 4 N–H and O–H groups in total. The lowest BCUT2D eigenvalue weighted by Crippen LogP contribution is -2.12. The molecule has 0 heterocycles. The van der Waals surface area contributed by atoms with Crippen molar-refractivity contribution in [3.05, 3.63) is 46.5 Å². The molecule has 0 atom stereocenters. The summed E-state index contributed by atoms with van der Waals surface area (Å²) in [6.07, 6.45) is 2.94. The Labute approximate surface area is 165 Å². The van der Waals surface area contributed by atoms with Crippen LogP contribution in [-0.2, 0) is 10.8 Å². The van der Waals surface area contributed by atoms with Crippen molar-refractivity contribution in [1.29, 1.82) is 0 Å². The maximum atomic E-state index is 10.0. The van der Waals surface area contributed by atoms with Crippen molar-refractivity contribution in [3.63, 3.8) is 0 Å². The molecular weight excluding hydrogens is 356 g/mol. The van der Waals surface area contributed by atoms with Crippen LogP contribution in [0.5, 0.6) is 23.0 Å². The average Bonchev–Trinajstić information content (AvgIpc) is 2.55. The van der Waals surface area contributed by atoms with Crippen LogP contribution in [0, 0.1) is 0 Å². The summed E-state index contributed by atoms with van der Waals surface area (Å²) < 4.78 is 0. The quantitative estimate of drug-likeness (QED) is 0.354. The van der Waals surface area contributed by atoms with E-state index in [1.807, 2.05) is 41.5 Å². The van der Waals surface area contributed by atoms with Gasteiger partial charge in [-0.25, -0.2) is 0 Å². The fourth-order valence-electron chi connectivity index (χ4n) is 2.77. The summed E-state index contributed by atoms with van der Waals surface area (Å²) in [5.41, 5.74) is 1.72. The molecule has 0 amide bonds. The van der Waals surface area contributed by atoms with Crippen LogP contribution in [0.1, 0.15) is 63.8 Å². The van der Waals surface area contributed by atoms with Gasteiger partial charge >= 0.3 is 0 Å². The van der Waals surface area contributed by atoms with Crippen molar-refractivity contribution in [2.24, 2.45) is 10.2 Å². The number of aromatic hydroxyl groups is 4. The third-order valence-corrected chi connectivity index (χ3v) is 4.32. The zero-order chi connectivity index (χ0) is 21.3. The van der Waals surface area contributed by atoms with Gasteiger partial charge in [0, 0.05) is 11.1 Å². The Kier molecular flexibility index (Phi) is 5.73. The monoisotopic (exact) mass is 384 g/mol. The highest BCUT2D eigenvalue weighted by Crippen LogP contribution is 2.38. The van der Waals surface area contributed by atoms with Gasteiger partial charge in [-0.05, 0) is 46.2 Å². The summed E-state index contributed by atoms with van der Waals surface area (Å²) >= 11 is 0. The number of phenolic OH excluding ortho intramolecular Hbond substituents is 4. The summed E-state index contributed by atoms with van der Waals surface area (Å²) in [6.45, 7) is 11.6. The maximum Gasteiger partial charge on any atom is 0.161 e. The van der Waals surface area contributed by atoms with Crippen LogP contribution in [0.2, 0.25) is 0 Å². The van der Waals surface area contributed by atoms with Crippen molar-refractivity contribution < 1.29 is 20.4 Å². The molecule has 0 aromatic heterocycles. The fourth-order valence-corrected chi connectivity index (χ4v) is 2.77. The van der Waals surface area contributed by atoms with Gasteiger partial charge < -0.3 is 20.4 Å². The molecule has 2 aromatic carbocycles. The third kappa shape index (κ3) is 4.82. The lowest BCUT2D eigenvalue weighted by molar-refractivity contribution is 0.389. The Morgan fingerprint density at radius 2 is 0.929 bits per heavy atom. The van der Waals surface area contributed by atoms with Crippen LogP contribution < -0.4 is 0 Å². The number of nitrogens with zero attached hydrogens (tertiary/aromatic N) is 2. The van der Waals surface area contributed by atoms with Crippen LogP contribution in [0.3, 0.4) is 0 Å². The lowest BCUT2D eigenvalue weighted by atomic mass is 9.85. The van der Waals surface area contributed by atoms with Crippen LogP contribution in [-0.4, -0.2) is 32.9 Å². The van der Waals surface area contributed by atoms with Crippen LogP contribution >= 0.6 is 0 Å². The van der Waals surface area contributed by atoms with Crippen LogP contribution in [0.4, 0.5) is 0 Å². The van der Waals surface area contributed by atoms with Crippen molar-refractivity contribution in [1.82, 2.24) is 0 Å². The molecule has 0 saturated carbocycles. The Balaban J connectivity index is 2.30. The zero-order valence-corrected chi connectivity index (χ0v) is 17.1. The van der Waals surface area contributed by atoms with Crippen LogP contribution in [0.15, 0.2) is 34.5 Å². The summed E-state index contributed by atoms with van der Waals surface area (Å²) in [6, 6.07) is 6.32. The van der Waals surface area contributed by atoms with E-state index in [1.165, 1.54) is 24.6 Å². The van der Waals surface area contributed by atoms with E-state index in [0.717, 1.165) is 0 Å². The molecule has 2 aromatic rings. The molecule has 6 heteroatoms. The van der Waals surface area contributed by atoms with Gasteiger partial charge in [-0.15, -0.1) is 0 Å². The van der Waals surface area contributed by atoms with Crippen molar-refractivity contribution in [2.75, 3.05) is 0 Å². The van der Waals surface area contributed by atoms with Gasteiger partial charge in [0.25, 0.3) is 0 Å². The van der Waals surface area contributed by atoms with Crippen molar-refractivity contribution in [3.8, 4) is 23.0 Å². The first kappa shape index (κ1) is 21.3. The lowest BCUT2D eigenvalue weighted by Gasteiger charge is -2.21. The van der Waals surface area contributed by atoms with E-state index in [0.29, 0.717) is 22.3 Å². The second kappa shape index (κ2) is 7.54. The first-order valence-corrected chi connectivity index (χ1v) is 9.00. The van der Waals surface area contributed by atoms with Gasteiger partial charge in [0.15, 0.2) is 23.0 Å². The molecule has 6 nitrogen and oxygen atoms in total. The Hall–Kier alpha value is -3.02. The Bertz CT molecular complexity index is 856. The van der Waals surface area contributed by atoms with Crippen LogP contribution in [0.25, 0.3) is 0 Å². The average molecular weight is 384 g/mol. The Morgan fingerprint density at radius 1 is 0.607 bits per heavy atom. The molecule has 0 fully saturated rings. The molecule has 0 saturated heterocycles. The standard InChI is InChI=1S/C22H28N2O4/c1-21(2,3)15-7-13(9-17(25)19(15)27)11-23-24-12-14-8-16(22(4,5)6)20(28)18(26)10-14/h7-12,25-28H,1-6H3/b23-11-,24-12-. The topological polar surface area (TPSA) is 106 Å². The number of benzene rings is 2. The number of phenols is 4. The minimum absolute atomic E-state index is 0.137. The minimum atomic E-state index is -0.346. The summed E-state index contributed by atoms with van der Waals surface area (Å²) in [5.74, 6) is -0.697. The molecule has 2 rings (SSSR count). The molecule has 0 spiro atoms. The fraction of sp³-hybridized carbons (Fsp3) is 0.364. The van der Waals surface area contributed by atoms with E-state index in [1.54, 1.807) is 12.1 Å². The Morgan fingerprint density at radius 3 is 1.21 bits per heavy atom. The smallest absolute Gasteiger partial charge is 0.161 e. The molecule has 150 valence electrons. The van der Waals surface area contributed by atoms with Gasteiger partial charge in [-0.1, -0.05) is 41.5 Å². The highest BCUT2D eigenvalue weighted by molar-refractivity contribution is 5.84. The highest BCUT2D eigenvalue weighted by Gasteiger charge is 2.22. The van der Waals surface area contributed by atoms with Gasteiger partial charge in [0.1, 0.15) is 0 Å². The predicted molar refractivity (Wildman–Crippen MR) is 112 cm³/mol. The van der Waals surface area contributed by atoms with E-state index in [-0.39, 0.29) is 33.8 Å². The predicted octanol–water partition coefficient (Wildman–Crippen LogP) is 4.56. The van der Waals surface area contributed by atoms with Gasteiger partial charge in [-0.2, -0.15) is 10.2 Å². The van der Waals surface area contributed by atoms with E-state index in [9.17, 15) is 20.4 Å². The second-order valence-corrected chi connectivity index (χ2v) is 8.86. The molecule has 0 radical (unpaired) electrons. The highest BCUT2D eigenvalue weighted by atomic mass is 16.3. The number of hydrogen-bond acceptors (Lipinski definition) is 6. The van der Waals surface area contributed by atoms with Gasteiger partial charge in [0.2, 0.25) is 0 Å². The zero-order valence-electron chi connectivity index (χ0n) is 17.1. The van der Waals surface area contributed by atoms with E-state index in [4.69, 9.17) is 0 Å². The van der Waals surface area contributed by atoms with Crippen molar-refractivity contribution >= 4 is 12.4 Å². The summed E-state index contributed by atoms with van der Waals surface area (Å²) in [4.78, 5) is 0. The van der Waals surface area contributed by atoms with E-state index < -0.39 is 0 Å². The van der Waals surface area contributed by atoms with E-state index in [2.05, 4.69) is 10.2 Å². The third-order valence-electron chi connectivity index (χ3n) is 4.32. The first-order valence-electron chi connectivity index (χ1n) is 9.00. The molecule has 0 aliphatic carbocycles. The molecule has 0 unspecified atom stereocenters. The second-order valence-electron chi connectivity index (χ2n) is 8.86. The molecule has 0 bridgehead atoms. The maximum absolute atomic E-state index is 10.0. The molecule has 0 aliphatic heterocycles. The van der Waals surface area contributed by atoms with Gasteiger partial charge in [0.05, 0.1) is 12.4 Å². The normalized spacial score (nSPS) is 12.9. The largest absolute Gasteiger partial charge is 0.504 e. The van der Waals surface area contributed by atoms with E-state index >= 15 is 0 Å².